The normalized spacial score (nSPS) is 20.3. The molecule has 1 aromatic heterocycles. The monoisotopic (exact) mass is 190 g/mol. The fraction of sp³-hybridized carbons (Fsp3) is 0.273. The summed E-state index contributed by atoms with van der Waals surface area (Å²) in [7, 11) is 0. The topological polar surface area (TPSA) is 30.9 Å². The molecule has 0 saturated heterocycles. The summed E-state index contributed by atoms with van der Waals surface area (Å²) in [6, 6.07) is 7.16. The molecule has 0 spiro atoms. The number of hydrogen-bond acceptors (Lipinski definition) is 1. The second kappa shape index (κ2) is 2.58. The molecule has 0 amide bonds. The predicted octanol–water partition coefficient (Wildman–Crippen LogP) is 1.66. The Morgan fingerprint density at radius 1 is 1.36 bits per heavy atom. The predicted molar refractivity (Wildman–Crippen MR) is 53.6 cm³/mol. The zero-order valence-corrected chi connectivity index (χ0v) is 7.70. The second-order valence-electron chi connectivity index (χ2n) is 3.91. The summed E-state index contributed by atoms with van der Waals surface area (Å²) in [5, 5.41) is 0.979. The summed E-state index contributed by atoms with van der Waals surface area (Å²) in [6.45, 7) is 0.852. The Morgan fingerprint density at radius 2 is 2.21 bits per heavy atom. The molecular formula is C11H11FN2. The standard InChI is InChI=1S/C11H11FN2/c12-8-1-2-11-7(3-8)4-10-5-9(13)6-14(10)11/h1-4,9H,5-6,13H2. The fourth-order valence-corrected chi connectivity index (χ4v) is 2.25. The van der Waals surface area contributed by atoms with Gasteiger partial charge in [-0.15, -0.1) is 0 Å². The molecule has 1 aliphatic rings. The molecule has 2 N–H and O–H groups in total. The molecule has 2 heterocycles. The molecule has 0 aliphatic carbocycles. The smallest absolute Gasteiger partial charge is 0.123 e. The van der Waals surface area contributed by atoms with Gasteiger partial charge in [0.25, 0.3) is 0 Å². The first-order valence-corrected chi connectivity index (χ1v) is 4.77. The van der Waals surface area contributed by atoms with Crippen molar-refractivity contribution in [1.82, 2.24) is 4.57 Å². The van der Waals surface area contributed by atoms with E-state index in [1.54, 1.807) is 6.07 Å². The van der Waals surface area contributed by atoms with Crippen molar-refractivity contribution in [1.29, 1.82) is 0 Å². The Balaban J connectivity index is 2.28. The molecule has 1 aliphatic heterocycles. The quantitative estimate of drug-likeness (QED) is 0.673. The van der Waals surface area contributed by atoms with E-state index in [9.17, 15) is 4.39 Å². The molecule has 3 rings (SSSR count). The van der Waals surface area contributed by atoms with E-state index in [0.717, 1.165) is 23.9 Å². The van der Waals surface area contributed by atoms with E-state index in [4.69, 9.17) is 5.73 Å². The van der Waals surface area contributed by atoms with Crippen LogP contribution in [0.1, 0.15) is 5.69 Å². The van der Waals surface area contributed by atoms with Crippen molar-refractivity contribution in [3.8, 4) is 0 Å². The van der Waals surface area contributed by atoms with E-state index in [1.807, 2.05) is 12.1 Å². The third-order valence-electron chi connectivity index (χ3n) is 2.84. The zero-order valence-electron chi connectivity index (χ0n) is 7.70. The zero-order chi connectivity index (χ0) is 9.71. The minimum Gasteiger partial charge on any atom is -0.343 e. The maximum Gasteiger partial charge on any atom is 0.123 e. The number of aromatic nitrogens is 1. The van der Waals surface area contributed by atoms with E-state index in [2.05, 4.69) is 4.57 Å². The Hall–Kier alpha value is -1.35. The number of benzene rings is 1. The average Bonchev–Trinajstić information content (AvgIpc) is 2.59. The first-order chi connectivity index (χ1) is 6.74. The first-order valence-electron chi connectivity index (χ1n) is 4.77. The van der Waals surface area contributed by atoms with Crippen LogP contribution in [0.3, 0.4) is 0 Å². The third kappa shape index (κ3) is 0.990. The van der Waals surface area contributed by atoms with Gasteiger partial charge in [0.2, 0.25) is 0 Å². The Kier molecular flexibility index (Phi) is 1.47. The lowest BCUT2D eigenvalue weighted by Crippen LogP contribution is -2.20. The third-order valence-corrected chi connectivity index (χ3v) is 2.84. The number of rotatable bonds is 0. The van der Waals surface area contributed by atoms with E-state index in [0.29, 0.717) is 0 Å². The van der Waals surface area contributed by atoms with Crippen LogP contribution in [-0.2, 0) is 13.0 Å². The van der Waals surface area contributed by atoms with Gasteiger partial charge < -0.3 is 10.3 Å². The van der Waals surface area contributed by atoms with Crippen LogP contribution in [0.25, 0.3) is 10.9 Å². The molecule has 2 aromatic rings. The van der Waals surface area contributed by atoms with Crippen LogP contribution in [0.4, 0.5) is 4.39 Å². The first kappa shape index (κ1) is 8.00. The van der Waals surface area contributed by atoms with Crippen LogP contribution in [0.5, 0.6) is 0 Å². The maximum absolute atomic E-state index is 12.9. The number of hydrogen-bond donors (Lipinski definition) is 1. The van der Waals surface area contributed by atoms with Gasteiger partial charge in [-0.3, -0.25) is 0 Å². The van der Waals surface area contributed by atoms with Crippen LogP contribution in [0, 0.1) is 5.82 Å². The van der Waals surface area contributed by atoms with Gasteiger partial charge in [-0.1, -0.05) is 0 Å². The highest BCUT2D eigenvalue weighted by Gasteiger charge is 2.20. The minimum atomic E-state index is -0.175. The summed E-state index contributed by atoms with van der Waals surface area (Å²) in [5.41, 5.74) is 8.17. The van der Waals surface area contributed by atoms with Gasteiger partial charge in [-0.2, -0.15) is 0 Å². The van der Waals surface area contributed by atoms with Crippen molar-refractivity contribution in [3.05, 3.63) is 35.8 Å². The van der Waals surface area contributed by atoms with Crippen LogP contribution < -0.4 is 5.73 Å². The van der Waals surface area contributed by atoms with Crippen LogP contribution in [-0.4, -0.2) is 10.6 Å². The van der Waals surface area contributed by atoms with E-state index in [-0.39, 0.29) is 11.9 Å². The van der Waals surface area contributed by atoms with Crippen molar-refractivity contribution in [3.63, 3.8) is 0 Å². The molecular weight excluding hydrogens is 179 g/mol. The lowest BCUT2D eigenvalue weighted by molar-refractivity contribution is 0.628. The lowest BCUT2D eigenvalue weighted by Gasteiger charge is -2.02. The molecule has 3 heteroatoms. The molecule has 2 nitrogen and oxygen atoms in total. The molecule has 0 saturated carbocycles. The van der Waals surface area contributed by atoms with Crippen LogP contribution >= 0.6 is 0 Å². The minimum absolute atomic E-state index is 0.175. The van der Waals surface area contributed by atoms with Crippen molar-refractivity contribution in [2.75, 3.05) is 0 Å². The number of fused-ring (bicyclic) bond motifs is 3. The highest BCUT2D eigenvalue weighted by atomic mass is 19.1. The molecule has 0 bridgehead atoms. The number of nitrogens with zero attached hydrogens (tertiary/aromatic N) is 1. The maximum atomic E-state index is 12.9. The van der Waals surface area contributed by atoms with Crippen molar-refractivity contribution in [2.24, 2.45) is 5.73 Å². The van der Waals surface area contributed by atoms with Crippen LogP contribution in [0.2, 0.25) is 0 Å². The van der Waals surface area contributed by atoms with Gasteiger partial charge in [0, 0.05) is 35.6 Å². The molecule has 72 valence electrons. The summed E-state index contributed by atoms with van der Waals surface area (Å²) in [4.78, 5) is 0. The molecule has 0 radical (unpaired) electrons. The van der Waals surface area contributed by atoms with E-state index < -0.39 is 0 Å². The van der Waals surface area contributed by atoms with Crippen molar-refractivity contribution >= 4 is 10.9 Å². The van der Waals surface area contributed by atoms with Gasteiger partial charge in [0.05, 0.1) is 0 Å². The number of halogens is 1. The molecule has 1 unspecified atom stereocenters. The summed E-state index contributed by atoms with van der Waals surface area (Å²) in [5.74, 6) is -0.175. The largest absolute Gasteiger partial charge is 0.343 e. The van der Waals surface area contributed by atoms with E-state index in [1.165, 1.54) is 11.8 Å². The van der Waals surface area contributed by atoms with E-state index >= 15 is 0 Å². The van der Waals surface area contributed by atoms with Crippen LogP contribution in [0.15, 0.2) is 24.3 Å². The average molecular weight is 190 g/mol. The van der Waals surface area contributed by atoms with Gasteiger partial charge in [-0.25, -0.2) is 4.39 Å². The van der Waals surface area contributed by atoms with Gasteiger partial charge in [-0.05, 0) is 24.3 Å². The highest BCUT2D eigenvalue weighted by molar-refractivity contribution is 5.81. The summed E-state index contributed by atoms with van der Waals surface area (Å²) in [6.07, 6.45) is 0.899. The Labute approximate surface area is 81.1 Å². The highest BCUT2D eigenvalue weighted by Crippen LogP contribution is 2.25. The SMILES string of the molecule is NC1Cc2cc3cc(F)ccc3n2C1. The molecule has 1 atom stereocenters. The Bertz CT molecular complexity index is 501. The van der Waals surface area contributed by atoms with Crippen molar-refractivity contribution < 1.29 is 4.39 Å². The van der Waals surface area contributed by atoms with Gasteiger partial charge in [0.15, 0.2) is 0 Å². The number of nitrogens with two attached hydrogens (primary N) is 1. The second-order valence-corrected chi connectivity index (χ2v) is 3.91. The summed E-state index contributed by atoms with van der Waals surface area (Å²) < 4.78 is 15.1. The lowest BCUT2D eigenvalue weighted by atomic mass is 10.2. The van der Waals surface area contributed by atoms with Gasteiger partial charge >= 0.3 is 0 Å². The van der Waals surface area contributed by atoms with Crippen molar-refractivity contribution in [2.45, 2.75) is 19.0 Å². The van der Waals surface area contributed by atoms with Gasteiger partial charge in [0.1, 0.15) is 5.82 Å². The molecule has 14 heavy (non-hydrogen) atoms. The molecule has 1 aromatic carbocycles. The summed E-state index contributed by atoms with van der Waals surface area (Å²) >= 11 is 0. The Morgan fingerprint density at radius 3 is 3.07 bits per heavy atom. The fourth-order valence-electron chi connectivity index (χ4n) is 2.25. The molecule has 0 fully saturated rings.